The third-order valence-corrected chi connectivity index (χ3v) is 5.01. The van der Waals surface area contributed by atoms with Crippen molar-refractivity contribution in [2.24, 2.45) is 0 Å². The number of aliphatic hydroxyl groups excluding tert-OH is 3. The van der Waals surface area contributed by atoms with Gasteiger partial charge in [-0.25, -0.2) is 9.59 Å². The Kier molecular flexibility index (Phi) is 7.66. The lowest BCUT2D eigenvalue weighted by molar-refractivity contribution is -0.290. The van der Waals surface area contributed by atoms with Crippen molar-refractivity contribution in [2.45, 2.75) is 30.7 Å². The Bertz CT molecular complexity index is 1110. The van der Waals surface area contributed by atoms with E-state index in [9.17, 15) is 50.4 Å². The van der Waals surface area contributed by atoms with Crippen LogP contribution in [0.15, 0.2) is 36.4 Å². The van der Waals surface area contributed by atoms with Crippen molar-refractivity contribution in [2.75, 3.05) is 6.61 Å². The third-order valence-electron chi connectivity index (χ3n) is 5.01. The molecule has 13 heteroatoms. The first-order valence-corrected chi connectivity index (χ1v) is 10.0. The van der Waals surface area contributed by atoms with Crippen molar-refractivity contribution < 1.29 is 64.7 Å². The number of aromatic hydroxyl groups is 5. The Hall–Kier alpha value is -4.04. The van der Waals surface area contributed by atoms with Crippen LogP contribution in [-0.4, -0.2) is 90.1 Å². The Morgan fingerprint density at radius 2 is 1.54 bits per heavy atom. The minimum atomic E-state index is -1.92. The highest BCUT2D eigenvalue weighted by atomic mass is 16.7. The molecule has 13 nitrogen and oxygen atoms in total. The van der Waals surface area contributed by atoms with Gasteiger partial charge in [0.15, 0.2) is 41.0 Å². The second-order valence-electron chi connectivity index (χ2n) is 7.46. The summed E-state index contributed by atoms with van der Waals surface area (Å²) in [5, 5.41) is 77.6. The number of carbonyl (C=O) groups is 2. The fourth-order valence-corrected chi connectivity index (χ4v) is 3.17. The van der Waals surface area contributed by atoms with Crippen LogP contribution in [0.3, 0.4) is 0 Å². The second kappa shape index (κ2) is 10.5. The SMILES string of the molecule is O=C(C=Cc1ccc(O)c(O)c1)OC1OC(CO)C(O)C(OC(=O)c2cc(O)c(O)c(O)c2)C1O. The predicted octanol–water partition coefficient (Wildman–Crippen LogP) is -0.564. The number of hydrogen-bond donors (Lipinski definition) is 8. The fourth-order valence-electron chi connectivity index (χ4n) is 3.17. The molecule has 188 valence electrons. The number of phenolic OH excluding ortho intramolecular Hbond substituents is 5. The summed E-state index contributed by atoms with van der Waals surface area (Å²) in [4.78, 5) is 24.6. The summed E-state index contributed by atoms with van der Waals surface area (Å²) >= 11 is 0. The third kappa shape index (κ3) is 5.73. The van der Waals surface area contributed by atoms with Gasteiger partial charge in [-0.05, 0) is 35.9 Å². The van der Waals surface area contributed by atoms with Gasteiger partial charge >= 0.3 is 11.9 Å². The average molecular weight is 494 g/mol. The van der Waals surface area contributed by atoms with Crippen molar-refractivity contribution in [1.29, 1.82) is 0 Å². The molecule has 35 heavy (non-hydrogen) atoms. The molecule has 5 atom stereocenters. The summed E-state index contributed by atoms with van der Waals surface area (Å²) in [6, 6.07) is 5.27. The molecular weight excluding hydrogens is 472 g/mol. The molecule has 1 aliphatic rings. The van der Waals surface area contributed by atoms with Crippen LogP contribution >= 0.6 is 0 Å². The molecule has 5 unspecified atom stereocenters. The molecule has 1 heterocycles. The van der Waals surface area contributed by atoms with Gasteiger partial charge in [-0.1, -0.05) is 6.07 Å². The molecule has 1 aliphatic heterocycles. The number of phenols is 5. The van der Waals surface area contributed by atoms with Crippen molar-refractivity contribution in [3.8, 4) is 28.7 Å². The molecule has 0 bridgehead atoms. The molecule has 0 radical (unpaired) electrons. The summed E-state index contributed by atoms with van der Waals surface area (Å²) in [5.74, 6) is -5.63. The number of carbonyl (C=O) groups excluding carboxylic acids is 2. The number of hydrogen-bond acceptors (Lipinski definition) is 13. The standard InChI is InChI=1S/C22H22O13/c23-8-15-18(30)20(35-21(32)10-6-13(26)17(29)14(27)7-10)19(31)22(33-15)34-16(28)4-2-9-1-3-11(24)12(25)5-9/h1-7,15,18-20,22-27,29-31H,8H2. The molecular formula is C22H22O13. The van der Waals surface area contributed by atoms with Gasteiger partial charge in [0, 0.05) is 6.08 Å². The van der Waals surface area contributed by atoms with E-state index < -0.39 is 77.8 Å². The topological polar surface area (TPSA) is 224 Å². The Morgan fingerprint density at radius 1 is 0.886 bits per heavy atom. The predicted molar refractivity (Wildman–Crippen MR) is 113 cm³/mol. The van der Waals surface area contributed by atoms with Crippen molar-refractivity contribution in [3.05, 3.63) is 47.5 Å². The molecule has 1 fully saturated rings. The van der Waals surface area contributed by atoms with E-state index in [0.717, 1.165) is 24.3 Å². The van der Waals surface area contributed by atoms with Gasteiger partial charge in [0.05, 0.1) is 12.2 Å². The Balaban J connectivity index is 1.73. The first kappa shape index (κ1) is 25.6. The highest BCUT2D eigenvalue weighted by Crippen LogP contribution is 2.36. The maximum atomic E-state index is 12.4. The van der Waals surface area contributed by atoms with E-state index in [-0.39, 0.29) is 5.75 Å². The van der Waals surface area contributed by atoms with Crippen LogP contribution in [-0.2, 0) is 19.0 Å². The number of benzene rings is 2. The van der Waals surface area contributed by atoms with E-state index in [1.54, 1.807) is 0 Å². The van der Waals surface area contributed by atoms with E-state index in [2.05, 4.69) is 0 Å². The van der Waals surface area contributed by atoms with Crippen LogP contribution in [0.4, 0.5) is 0 Å². The molecule has 2 aromatic carbocycles. The van der Waals surface area contributed by atoms with Gasteiger partial charge in [-0.2, -0.15) is 0 Å². The maximum Gasteiger partial charge on any atom is 0.338 e. The lowest BCUT2D eigenvalue weighted by Crippen LogP contribution is -2.60. The van der Waals surface area contributed by atoms with E-state index in [0.29, 0.717) is 5.56 Å². The van der Waals surface area contributed by atoms with Crippen LogP contribution in [0, 0.1) is 0 Å². The molecule has 0 saturated carbocycles. The van der Waals surface area contributed by atoms with E-state index in [1.165, 1.54) is 18.2 Å². The van der Waals surface area contributed by atoms with Gasteiger partial charge in [0.2, 0.25) is 6.29 Å². The van der Waals surface area contributed by atoms with Crippen molar-refractivity contribution >= 4 is 18.0 Å². The minimum absolute atomic E-state index is 0.318. The largest absolute Gasteiger partial charge is 0.504 e. The molecule has 0 aliphatic carbocycles. The number of ether oxygens (including phenoxy) is 3. The molecule has 0 amide bonds. The first-order valence-electron chi connectivity index (χ1n) is 10.0. The van der Waals surface area contributed by atoms with Gasteiger partial charge in [-0.15, -0.1) is 0 Å². The van der Waals surface area contributed by atoms with Crippen LogP contribution in [0.1, 0.15) is 15.9 Å². The minimum Gasteiger partial charge on any atom is -0.504 e. The molecule has 3 rings (SSSR count). The zero-order chi connectivity index (χ0) is 25.9. The highest BCUT2D eigenvalue weighted by Gasteiger charge is 2.48. The molecule has 2 aromatic rings. The average Bonchev–Trinajstić information content (AvgIpc) is 2.82. The lowest BCUT2D eigenvalue weighted by Gasteiger charge is -2.40. The normalized spacial score (nSPS) is 24.3. The second-order valence-corrected chi connectivity index (χ2v) is 7.46. The monoisotopic (exact) mass is 494 g/mol. The fraction of sp³-hybridized carbons (Fsp3) is 0.273. The van der Waals surface area contributed by atoms with E-state index in [1.807, 2.05) is 0 Å². The smallest absolute Gasteiger partial charge is 0.338 e. The zero-order valence-electron chi connectivity index (χ0n) is 17.8. The number of aliphatic hydroxyl groups is 3. The summed E-state index contributed by atoms with van der Waals surface area (Å²) in [5.41, 5.74) is -0.129. The van der Waals surface area contributed by atoms with Crippen molar-refractivity contribution in [1.82, 2.24) is 0 Å². The summed E-state index contributed by atoms with van der Waals surface area (Å²) in [7, 11) is 0. The summed E-state index contributed by atoms with van der Waals surface area (Å²) in [6.07, 6.45) is -6.56. The molecule has 8 N–H and O–H groups in total. The van der Waals surface area contributed by atoms with Crippen LogP contribution < -0.4 is 0 Å². The Labute approximate surface area is 196 Å². The quantitative estimate of drug-likeness (QED) is 0.143. The van der Waals surface area contributed by atoms with Crippen LogP contribution in [0.2, 0.25) is 0 Å². The zero-order valence-corrected chi connectivity index (χ0v) is 17.8. The van der Waals surface area contributed by atoms with Crippen molar-refractivity contribution in [3.63, 3.8) is 0 Å². The lowest BCUT2D eigenvalue weighted by atomic mass is 9.99. The summed E-state index contributed by atoms with van der Waals surface area (Å²) in [6.45, 7) is -0.806. The first-order chi connectivity index (χ1) is 16.5. The van der Waals surface area contributed by atoms with Gasteiger partial charge in [0.1, 0.15) is 12.2 Å². The molecule has 0 aromatic heterocycles. The maximum absolute atomic E-state index is 12.4. The van der Waals surface area contributed by atoms with Gasteiger partial charge in [-0.3, -0.25) is 0 Å². The summed E-state index contributed by atoms with van der Waals surface area (Å²) < 4.78 is 15.2. The van der Waals surface area contributed by atoms with Crippen LogP contribution in [0.5, 0.6) is 28.7 Å². The molecule has 0 spiro atoms. The number of rotatable bonds is 6. The van der Waals surface area contributed by atoms with E-state index >= 15 is 0 Å². The van der Waals surface area contributed by atoms with Crippen LogP contribution in [0.25, 0.3) is 6.08 Å². The van der Waals surface area contributed by atoms with Gasteiger partial charge < -0.3 is 55.1 Å². The number of esters is 2. The van der Waals surface area contributed by atoms with E-state index in [4.69, 9.17) is 14.2 Å². The Morgan fingerprint density at radius 3 is 2.14 bits per heavy atom. The van der Waals surface area contributed by atoms with Gasteiger partial charge in [0.25, 0.3) is 0 Å². The molecule has 1 saturated heterocycles. The highest BCUT2D eigenvalue weighted by molar-refractivity contribution is 5.91.